The summed E-state index contributed by atoms with van der Waals surface area (Å²) in [4.78, 5) is 6.97. The summed E-state index contributed by atoms with van der Waals surface area (Å²) >= 11 is 6.01. The van der Waals surface area contributed by atoms with E-state index in [0.717, 1.165) is 35.1 Å². The van der Waals surface area contributed by atoms with Gasteiger partial charge >= 0.3 is 0 Å². The summed E-state index contributed by atoms with van der Waals surface area (Å²) in [6, 6.07) is 30.4. The van der Waals surface area contributed by atoms with E-state index in [-0.39, 0.29) is 12.1 Å². The Morgan fingerprint density at radius 2 is 1.56 bits per heavy atom. The number of rotatable bonds is 8. The van der Waals surface area contributed by atoms with Crippen LogP contribution in [-0.4, -0.2) is 21.8 Å². The van der Waals surface area contributed by atoms with Crippen LogP contribution in [0, 0.1) is 20.8 Å². The van der Waals surface area contributed by atoms with Gasteiger partial charge in [-0.25, -0.2) is 0 Å². The quantitative estimate of drug-likeness (QED) is 0.184. The second-order valence-corrected chi connectivity index (χ2v) is 11.3. The van der Waals surface area contributed by atoms with Gasteiger partial charge in [-0.05, 0) is 123 Å². The van der Waals surface area contributed by atoms with Crippen LogP contribution >= 0.6 is 12.2 Å². The molecule has 0 unspecified atom stereocenters. The second-order valence-electron chi connectivity index (χ2n) is 10.9. The molecule has 0 spiro atoms. The average molecular weight is 589 g/mol. The van der Waals surface area contributed by atoms with Crippen molar-refractivity contribution < 1.29 is 9.47 Å². The van der Waals surface area contributed by atoms with Crippen molar-refractivity contribution in [3.8, 4) is 22.9 Å². The lowest BCUT2D eigenvalue weighted by Crippen LogP contribution is -2.29. The lowest BCUT2D eigenvalue weighted by atomic mass is 9.96. The SMILES string of the molecule is CCc1cccc(C)c1-n1c(C)cc([C@H]2[C@H](c3ccccn3)NC(=S)N2c2ccc(Oc3ccc(OC)cc3)cc2)c1C. The van der Waals surface area contributed by atoms with E-state index in [9.17, 15) is 0 Å². The van der Waals surface area contributed by atoms with Crippen molar-refractivity contribution in [1.82, 2.24) is 14.9 Å². The van der Waals surface area contributed by atoms with Crippen LogP contribution in [0.15, 0.2) is 97.2 Å². The van der Waals surface area contributed by atoms with Crippen molar-refractivity contribution in [2.24, 2.45) is 0 Å². The molecule has 2 atom stereocenters. The Morgan fingerprint density at radius 1 is 0.860 bits per heavy atom. The van der Waals surface area contributed by atoms with E-state index in [1.54, 1.807) is 7.11 Å². The Balaban J connectivity index is 1.41. The number of thiocarbonyl (C=S) groups is 1. The van der Waals surface area contributed by atoms with Crippen LogP contribution in [0.25, 0.3) is 5.69 Å². The summed E-state index contributed by atoms with van der Waals surface area (Å²) in [5.74, 6) is 2.28. The van der Waals surface area contributed by atoms with Crippen LogP contribution in [0.3, 0.4) is 0 Å². The number of hydrogen-bond donors (Lipinski definition) is 1. The first-order valence-corrected chi connectivity index (χ1v) is 15.0. The Kier molecular flexibility index (Phi) is 7.91. The minimum Gasteiger partial charge on any atom is -0.497 e. The van der Waals surface area contributed by atoms with E-state index in [1.165, 1.54) is 33.8 Å². The van der Waals surface area contributed by atoms with E-state index >= 15 is 0 Å². The van der Waals surface area contributed by atoms with Gasteiger partial charge in [0, 0.05) is 23.3 Å². The highest BCUT2D eigenvalue weighted by atomic mass is 32.1. The number of nitrogens with zero attached hydrogens (tertiary/aromatic N) is 3. The molecule has 43 heavy (non-hydrogen) atoms. The molecule has 0 bridgehead atoms. The van der Waals surface area contributed by atoms with Gasteiger partial charge in [0.1, 0.15) is 17.2 Å². The maximum absolute atomic E-state index is 6.11. The Bertz CT molecular complexity index is 1750. The van der Waals surface area contributed by atoms with Crippen LogP contribution in [-0.2, 0) is 6.42 Å². The van der Waals surface area contributed by atoms with Gasteiger partial charge in [-0.3, -0.25) is 4.98 Å². The zero-order valence-electron chi connectivity index (χ0n) is 25.2. The van der Waals surface area contributed by atoms with Crippen LogP contribution in [0.5, 0.6) is 17.2 Å². The summed E-state index contributed by atoms with van der Waals surface area (Å²) in [5.41, 5.74) is 9.40. The zero-order chi connectivity index (χ0) is 30.1. The Labute approximate surface area is 258 Å². The van der Waals surface area contributed by atoms with Gasteiger partial charge in [0.05, 0.1) is 30.6 Å². The molecule has 3 heterocycles. The number of nitrogens with one attached hydrogen (secondary N) is 1. The summed E-state index contributed by atoms with van der Waals surface area (Å²) in [6.45, 7) is 8.81. The number of ether oxygens (including phenoxy) is 2. The van der Waals surface area contributed by atoms with Crippen LogP contribution < -0.4 is 19.7 Å². The number of hydrogen-bond acceptors (Lipinski definition) is 4. The fraction of sp³-hybridized carbons (Fsp3) is 0.222. The molecule has 0 saturated carbocycles. The molecular formula is C36H36N4O2S. The van der Waals surface area contributed by atoms with Gasteiger partial charge in [-0.1, -0.05) is 31.2 Å². The number of benzene rings is 3. The first-order valence-electron chi connectivity index (χ1n) is 14.6. The maximum Gasteiger partial charge on any atom is 0.174 e. The smallest absolute Gasteiger partial charge is 0.174 e. The molecule has 5 aromatic rings. The Morgan fingerprint density at radius 3 is 2.21 bits per heavy atom. The lowest BCUT2D eigenvalue weighted by Gasteiger charge is -2.28. The van der Waals surface area contributed by atoms with E-state index in [4.69, 9.17) is 26.7 Å². The van der Waals surface area contributed by atoms with Crippen LogP contribution in [0.2, 0.25) is 0 Å². The maximum atomic E-state index is 6.11. The van der Waals surface area contributed by atoms with E-state index in [0.29, 0.717) is 5.11 Å². The van der Waals surface area contributed by atoms with Crippen molar-refractivity contribution in [3.05, 3.63) is 131 Å². The monoisotopic (exact) mass is 588 g/mol. The highest BCUT2D eigenvalue weighted by molar-refractivity contribution is 7.80. The van der Waals surface area contributed by atoms with Crippen molar-refractivity contribution in [3.63, 3.8) is 0 Å². The molecule has 1 fully saturated rings. The third-order valence-electron chi connectivity index (χ3n) is 8.22. The fourth-order valence-corrected chi connectivity index (χ4v) is 6.51. The number of anilines is 1. The topological polar surface area (TPSA) is 51.6 Å². The Hall–Kier alpha value is -4.62. The summed E-state index contributed by atoms with van der Waals surface area (Å²) < 4.78 is 13.8. The summed E-state index contributed by atoms with van der Waals surface area (Å²) in [7, 11) is 1.65. The number of aryl methyl sites for hydroxylation is 3. The number of pyridine rings is 1. The van der Waals surface area contributed by atoms with E-state index in [2.05, 4.69) is 84.9 Å². The molecule has 3 aromatic carbocycles. The van der Waals surface area contributed by atoms with E-state index < -0.39 is 0 Å². The molecule has 2 aromatic heterocycles. The van der Waals surface area contributed by atoms with Gasteiger partial charge in [0.2, 0.25) is 0 Å². The predicted octanol–water partition coefficient (Wildman–Crippen LogP) is 8.34. The minimum atomic E-state index is -0.125. The normalized spacial score (nSPS) is 16.3. The molecular weight excluding hydrogens is 552 g/mol. The van der Waals surface area contributed by atoms with Crippen molar-refractivity contribution in [2.45, 2.75) is 46.2 Å². The molecule has 1 aliphatic rings. The molecule has 0 radical (unpaired) electrons. The van der Waals surface area contributed by atoms with Gasteiger partial charge in [-0.15, -0.1) is 0 Å². The third-order valence-corrected chi connectivity index (χ3v) is 8.54. The van der Waals surface area contributed by atoms with Crippen LogP contribution in [0.4, 0.5) is 5.69 Å². The third kappa shape index (κ3) is 5.37. The fourth-order valence-electron chi connectivity index (χ4n) is 6.16. The number of methoxy groups -OCH3 is 1. The highest BCUT2D eigenvalue weighted by Crippen LogP contribution is 2.44. The molecule has 6 rings (SSSR count). The van der Waals surface area contributed by atoms with Gasteiger partial charge < -0.3 is 24.3 Å². The molecule has 6 nitrogen and oxygen atoms in total. The van der Waals surface area contributed by atoms with Gasteiger partial charge in [0.15, 0.2) is 5.11 Å². The highest BCUT2D eigenvalue weighted by Gasteiger charge is 2.42. The first kappa shape index (κ1) is 28.5. The van der Waals surface area contributed by atoms with Gasteiger partial charge in [-0.2, -0.15) is 0 Å². The molecule has 1 aliphatic heterocycles. The van der Waals surface area contributed by atoms with Crippen molar-refractivity contribution in [2.75, 3.05) is 12.0 Å². The molecule has 218 valence electrons. The largest absolute Gasteiger partial charge is 0.497 e. The predicted molar refractivity (Wildman–Crippen MR) is 177 cm³/mol. The first-order chi connectivity index (χ1) is 20.9. The lowest BCUT2D eigenvalue weighted by molar-refractivity contribution is 0.413. The minimum absolute atomic E-state index is 0.107. The second kappa shape index (κ2) is 11.9. The van der Waals surface area contributed by atoms with Crippen molar-refractivity contribution in [1.29, 1.82) is 0 Å². The summed E-state index contributed by atoms with van der Waals surface area (Å²) in [6.07, 6.45) is 2.81. The molecule has 1 saturated heterocycles. The van der Waals surface area contributed by atoms with Crippen LogP contribution in [0.1, 0.15) is 52.8 Å². The average Bonchev–Trinajstić information content (AvgIpc) is 3.52. The van der Waals surface area contributed by atoms with Crippen molar-refractivity contribution >= 4 is 23.0 Å². The number of aromatic nitrogens is 2. The van der Waals surface area contributed by atoms with E-state index in [1.807, 2.05) is 54.7 Å². The van der Waals surface area contributed by atoms with Gasteiger partial charge in [0.25, 0.3) is 0 Å². The zero-order valence-corrected chi connectivity index (χ0v) is 26.0. The summed E-state index contributed by atoms with van der Waals surface area (Å²) in [5, 5.41) is 4.27. The molecule has 1 N–H and O–H groups in total. The standard InChI is InChI=1S/C36H36N4O2S/c1-6-26-11-9-10-23(2)34(26)39-24(3)22-31(25(39)4)35-33(32-12-7-8-21-37-32)38-36(43)40(35)27-13-15-29(16-14-27)42-30-19-17-28(41-5)18-20-30/h7-22,33,35H,6H2,1-5H3,(H,38,43)/t33-,35-/m0/s1. The number of para-hydroxylation sites is 1. The molecule has 0 aliphatic carbocycles. The molecule has 7 heteroatoms. The molecule has 0 amide bonds.